The van der Waals surface area contributed by atoms with Crippen LogP contribution in [0.5, 0.6) is 11.5 Å². The van der Waals surface area contributed by atoms with Gasteiger partial charge in [-0.15, -0.1) is 0 Å². The third-order valence-corrected chi connectivity index (χ3v) is 3.73. The highest BCUT2D eigenvalue weighted by Crippen LogP contribution is 2.23. The summed E-state index contributed by atoms with van der Waals surface area (Å²) in [5, 5.41) is 2.96. The number of benzene rings is 1. The van der Waals surface area contributed by atoms with Gasteiger partial charge in [0.15, 0.2) is 0 Å². The Morgan fingerprint density at radius 3 is 2.43 bits per heavy atom. The van der Waals surface area contributed by atoms with Crippen molar-refractivity contribution in [2.75, 3.05) is 20.8 Å². The van der Waals surface area contributed by atoms with Crippen LogP contribution in [-0.2, 0) is 0 Å². The fourth-order valence-corrected chi connectivity index (χ4v) is 2.51. The molecule has 2 rings (SSSR count). The summed E-state index contributed by atoms with van der Waals surface area (Å²) in [6, 6.07) is 5.19. The minimum absolute atomic E-state index is 0.0939. The number of methoxy groups -OCH3 is 2. The zero-order valence-corrected chi connectivity index (χ0v) is 12.8. The van der Waals surface area contributed by atoms with Gasteiger partial charge in [0.05, 0.1) is 14.2 Å². The third kappa shape index (κ3) is 4.52. The minimum Gasteiger partial charge on any atom is -0.497 e. The number of carbonyl (C=O) groups excluding carboxylic acids is 1. The van der Waals surface area contributed by atoms with Gasteiger partial charge in [-0.3, -0.25) is 4.79 Å². The summed E-state index contributed by atoms with van der Waals surface area (Å²) in [4.78, 5) is 12.2. The molecule has 4 nitrogen and oxygen atoms in total. The van der Waals surface area contributed by atoms with Crippen molar-refractivity contribution in [3.8, 4) is 11.5 Å². The van der Waals surface area contributed by atoms with E-state index in [4.69, 9.17) is 9.47 Å². The number of allylic oxidation sites excluding steroid dienone is 1. The van der Waals surface area contributed by atoms with Gasteiger partial charge in [-0.05, 0) is 44.2 Å². The molecule has 1 amide bonds. The largest absolute Gasteiger partial charge is 0.497 e. The highest BCUT2D eigenvalue weighted by Gasteiger charge is 2.10. The minimum atomic E-state index is -0.0939. The molecule has 1 aromatic rings. The molecule has 0 atom stereocenters. The Morgan fingerprint density at radius 1 is 1.14 bits per heavy atom. The number of carbonyl (C=O) groups is 1. The van der Waals surface area contributed by atoms with Crippen LogP contribution in [0.2, 0.25) is 0 Å². The lowest BCUT2D eigenvalue weighted by molar-refractivity contribution is 0.0953. The van der Waals surface area contributed by atoms with Crippen molar-refractivity contribution in [1.82, 2.24) is 5.32 Å². The van der Waals surface area contributed by atoms with E-state index in [0.717, 1.165) is 6.42 Å². The third-order valence-electron chi connectivity index (χ3n) is 3.73. The molecular formula is C17H23NO3. The average molecular weight is 289 g/mol. The molecule has 1 aromatic carbocycles. The molecule has 0 fully saturated rings. The van der Waals surface area contributed by atoms with Crippen molar-refractivity contribution in [3.05, 3.63) is 35.4 Å². The van der Waals surface area contributed by atoms with Gasteiger partial charge in [-0.2, -0.15) is 0 Å². The number of rotatable bonds is 6. The smallest absolute Gasteiger partial charge is 0.251 e. The Kier molecular flexibility index (Phi) is 5.67. The predicted molar refractivity (Wildman–Crippen MR) is 83.0 cm³/mol. The van der Waals surface area contributed by atoms with E-state index in [1.54, 1.807) is 32.4 Å². The Bertz CT molecular complexity index is 501. The average Bonchev–Trinajstić information content (AvgIpc) is 2.55. The number of nitrogens with one attached hydrogen (secondary N) is 1. The lowest BCUT2D eigenvalue weighted by atomic mass is 9.97. The highest BCUT2D eigenvalue weighted by atomic mass is 16.5. The Balaban J connectivity index is 1.91. The summed E-state index contributed by atoms with van der Waals surface area (Å²) in [7, 11) is 3.15. The van der Waals surface area contributed by atoms with E-state index < -0.39 is 0 Å². The van der Waals surface area contributed by atoms with Gasteiger partial charge in [-0.25, -0.2) is 0 Å². The molecule has 0 bridgehead atoms. The van der Waals surface area contributed by atoms with E-state index in [2.05, 4.69) is 11.4 Å². The lowest BCUT2D eigenvalue weighted by Crippen LogP contribution is -2.25. The van der Waals surface area contributed by atoms with Gasteiger partial charge in [0.25, 0.3) is 5.91 Å². The Labute approximate surface area is 126 Å². The van der Waals surface area contributed by atoms with Gasteiger partial charge in [0.2, 0.25) is 0 Å². The maximum atomic E-state index is 12.2. The molecule has 4 heteroatoms. The van der Waals surface area contributed by atoms with E-state index in [1.165, 1.54) is 31.3 Å². The van der Waals surface area contributed by atoms with Gasteiger partial charge < -0.3 is 14.8 Å². The fraction of sp³-hybridized carbons (Fsp3) is 0.471. The molecule has 0 aromatic heterocycles. The number of ether oxygens (including phenoxy) is 2. The summed E-state index contributed by atoms with van der Waals surface area (Å²) < 4.78 is 10.4. The van der Waals surface area contributed by atoms with Crippen molar-refractivity contribution in [2.24, 2.45) is 0 Å². The summed E-state index contributed by atoms with van der Waals surface area (Å²) in [5.74, 6) is 1.15. The van der Waals surface area contributed by atoms with Gasteiger partial charge in [0.1, 0.15) is 11.5 Å². The SMILES string of the molecule is COc1cc(OC)cc(C(=O)NCCC2=CCCCC2)c1. The van der Waals surface area contributed by atoms with Crippen LogP contribution >= 0.6 is 0 Å². The van der Waals surface area contributed by atoms with E-state index in [-0.39, 0.29) is 5.91 Å². The van der Waals surface area contributed by atoms with E-state index in [0.29, 0.717) is 23.6 Å². The summed E-state index contributed by atoms with van der Waals surface area (Å²) >= 11 is 0. The standard InChI is InChI=1S/C17H23NO3/c1-20-15-10-14(11-16(12-15)21-2)17(19)18-9-8-13-6-4-3-5-7-13/h6,10-12H,3-5,7-9H2,1-2H3,(H,18,19). The van der Waals surface area contributed by atoms with Gasteiger partial charge in [0, 0.05) is 18.2 Å². The quantitative estimate of drug-likeness (QED) is 0.817. The van der Waals surface area contributed by atoms with Crippen LogP contribution in [0, 0.1) is 0 Å². The van der Waals surface area contributed by atoms with Crippen LogP contribution in [0.1, 0.15) is 42.5 Å². The molecule has 0 aliphatic heterocycles. The first-order chi connectivity index (χ1) is 10.2. The zero-order chi connectivity index (χ0) is 15.1. The number of amides is 1. The van der Waals surface area contributed by atoms with Crippen LogP contribution in [0.3, 0.4) is 0 Å². The molecular weight excluding hydrogens is 266 g/mol. The lowest BCUT2D eigenvalue weighted by Gasteiger charge is -2.13. The summed E-state index contributed by atoms with van der Waals surface area (Å²) in [6.07, 6.45) is 8.16. The van der Waals surface area contributed by atoms with Crippen molar-refractivity contribution in [3.63, 3.8) is 0 Å². The predicted octanol–water partition coefficient (Wildman–Crippen LogP) is 3.32. The van der Waals surface area contributed by atoms with Crippen molar-refractivity contribution >= 4 is 5.91 Å². The van der Waals surface area contributed by atoms with Crippen molar-refractivity contribution in [1.29, 1.82) is 0 Å². The van der Waals surface area contributed by atoms with Crippen LogP contribution < -0.4 is 14.8 Å². The number of hydrogen-bond acceptors (Lipinski definition) is 3. The molecule has 0 spiro atoms. The molecule has 0 heterocycles. The number of hydrogen-bond donors (Lipinski definition) is 1. The first kappa shape index (κ1) is 15.4. The Morgan fingerprint density at radius 2 is 1.86 bits per heavy atom. The van der Waals surface area contributed by atoms with Crippen molar-refractivity contribution < 1.29 is 14.3 Å². The Hall–Kier alpha value is -1.97. The van der Waals surface area contributed by atoms with Gasteiger partial charge in [-0.1, -0.05) is 11.6 Å². The fourth-order valence-electron chi connectivity index (χ4n) is 2.51. The zero-order valence-electron chi connectivity index (χ0n) is 12.8. The first-order valence-electron chi connectivity index (χ1n) is 7.42. The monoisotopic (exact) mass is 289 g/mol. The van der Waals surface area contributed by atoms with Crippen LogP contribution in [0.25, 0.3) is 0 Å². The molecule has 0 saturated heterocycles. The maximum Gasteiger partial charge on any atom is 0.251 e. The molecule has 1 aliphatic carbocycles. The van der Waals surface area contributed by atoms with E-state index in [9.17, 15) is 4.79 Å². The molecule has 114 valence electrons. The van der Waals surface area contributed by atoms with E-state index >= 15 is 0 Å². The first-order valence-corrected chi connectivity index (χ1v) is 7.42. The van der Waals surface area contributed by atoms with Crippen LogP contribution in [-0.4, -0.2) is 26.7 Å². The molecule has 0 radical (unpaired) electrons. The second-order valence-corrected chi connectivity index (χ2v) is 5.22. The molecule has 21 heavy (non-hydrogen) atoms. The molecule has 0 unspecified atom stereocenters. The molecule has 0 saturated carbocycles. The highest BCUT2D eigenvalue weighted by molar-refractivity contribution is 5.95. The maximum absolute atomic E-state index is 12.2. The molecule has 1 N–H and O–H groups in total. The van der Waals surface area contributed by atoms with Crippen LogP contribution in [0.4, 0.5) is 0 Å². The summed E-state index contributed by atoms with van der Waals surface area (Å²) in [6.45, 7) is 0.671. The normalized spacial score (nSPS) is 14.3. The topological polar surface area (TPSA) is 47.6 Å². The van der Waals surface area contributed by atoms with Crippen LogP contribution in [0.15, 0.2) is 29.8 Å². The van der Waals surface area contributed by atoms with Gasteiger partial charge >= 0.3 is 0 Å². The second-order valence-electron chi connectivity index (χ2n) is 5.22. The van der Waals surface area contributed by atoms with Crippen molar-refractivity contribution in [2.45, 2.75) is 32.1 Å². The summed E-state index contributed by atoms with van der Waals surface area (Å²) in [5.41, 5.74) is 2.02. The van der Waals surface area contributed by atoms with E-state index in [1.807, 2.05) is 0 Å². The second kappa shape index (κ2) is 7.72. The molecule has 1 aliphatic rings.